The molecular formula is C17H23N3O. The van der Waals surface area contributed by atoms with Crippen molar-refractivity contribution in [3.8, 4) is 0 Å². The van der Waals surface area contributed by atoms with Gasteiger partial charge in [0.05, 0.1) is 0 Å². The molecule has 4 heteroatoms. The van der Waals surface area contributed by atoms with E-state index in [9.17, 15) is 5.11 Å². The Labute approximate surface area is 126 Å². The van der Waals surface area contributed by atoms with Gasteiger partial charge >= 0.3 is 0 Å². The van der Waals surface area contributed by atoms with E-state index in [1.165, 1.54) is 18.4 Å². The van der Waals surface area contributed by atoms with Crippen molar-refractivity contribution in [1.29, 1.82) is 0 Å². The zero-order valence-electron chi connectivity index (χ0n) is 12.5. The highest BCUT2D eigenvalue weighted by atomic mass is 16.3. The number of likely N-dealkylation sites (tertiary alicyclic amines) is 1. The summed E-state index contributed by atoms with van der Waals surface area (Å²) in [6, 6.07) is 8.06. The van der Waals surface area contributed by atoms with E-state index in [1.54, 1.807) is 0 Å². The summed E-state index contributed by atoms with van der Waals surface area (Å²) in [6.07, 6.45) is 6.63. The molecule has 21 heavy (non-hydrogen) atoms. The van der Waals surface area contributed by atoms with E-state index in [0.29, 0.717) is 0 Å². The monoisotopic (exact) mass is 285 g/mol. The molecule has 0 amide bonds. The zero-order valence-corrected chi connectivity index (χ0v) is 12.5. The standard InChI is InChI=1S/C17H23N3O/c1-13-5-4-6-15(11-13)19-17(21)14-7-8-18-16(12-14)20-9-2-3-10-20/h4-8,11,16-17,19,21H,2-3,9-10,12H2,1H3. The Bertz CT molecular complexity index is 547. The third-order valence-electron chi connectivity index (χ3n) is 4.20. The van der Waals surface area contributed by atoms with Crippen LogP contribution in [0.5, 0.6) is 0 Å². The van der Waals surface area contributed by atoms with Crippen LogP contribution in [-0.2, 0) is 0 Å². The Balaban J connectivity index is 1.63. The van der Waals surface area contributed by atoms with Crippen molar-refractivity contribution in [3.05, 3.63) is 41.5 Å². The average Bonchev–Trinajstić information content (AvgIpc) is 3.02. The summed E-state index contributed by atoms with van der Waals surface area (Å²) < 4.78 is 0. The first-order valence-corrected chi connectivity index (χ1v) is 7.70. The smallest absolute Gasteiger partial charge is 0.147 e. The Hall–Kier alpha value is -1.65. The molecule has 1 aromatic carbocycles. The van der Waals surface area contributed by atoms with E-state index in [2.05, 4.69) is 15.2 Å². The summed E-state index contributed by atoms with van der Waals surface area (Å²) in [4.78, 5) is 6.96. The molecule has 2 unspecified atom stereocenters. The number of benzene rings is 1. The second kappa shape index (κ2) is 6.41. The lowest BCUT2D eigenvalue weighted by Crippen LogP contribution is -2.35. The topological polar surface area (TPSA) is 47.9 Å². The summed E-state index contributed by atoms with van der Waals surface area (Å²) >= 11 is 0. The average molecular weight is 285 g/mol. The van der Waals surface area contributed by atoms with Gasteiger partial charge in [0.1, 0.15) is 12.4 Å². The van der Waals surface area contributed by atoms with E-state index in [1.807, 2.05) is 43.5 Å². The molecule has 3 rings (SSSR count). The molecule has 0 aromatic heterocycles. The number of dihydropyridines is 1. The highest BCUT2D eigenvalue weighted by Crippen LogP contribution is 2.23. The van der Waals surface area contributed by atoms with Gasteiger partial charge in [-0.25, -0.2) is 0 Å². The second-order valence-electron chi connectivity index (χ2n) is 5.88. The molecule has 112 valence electrons. The molecule has 0 aliphatic carbocycles. The highest BCUT2D eigenvalue weighted by molar-refractivity contribution is 5.74. The van der Waals surface area contributed by atoms with Crippen LogP contribution in [0.3, 0.4) is 0 Å². The van der Waals surface area contributed by atoms with E-state index in [-0.39, 0.29) is 6.17 Å². The van der Waals surface area contributed by atoms with Crippen LogP contribution >= 0.6 is 0 Å². The van der Waals surface area contributed by atoms with Crippen molar-refractivity contribution >= 4 is 11.9 Å². The first-order chi connectivity index (χ1) is 10.2. The maximum absolute atomic E-state index is 10.4. The molecule has 0 radical (unpaired) electrons. The SMILES string of the molecule is Cc1cccc(NC(O)C2=CC=NC(N3CCCC3)C2)c1. The van der Waals surface area contributed by atoms with Gasteiger partial charge in [-0.1, -0.05) is 12.1 Å². The van der Waals surface area contributed by atoms with Crippen molar-refractivity contribution in [1.82, 2.24) is 4.90 Å². The molecule has 1 saturated heterocycles. The van der Waals surface area contributed by atoms with Crippen LogP contribution in [0.25, 0.3) is 0 Å². The number of aryl methyl sites for hydroxylation is 1. The summed E-state index contributed by atoms with van der Waals surface area (Å²) in [5, 5.41) is 13.6. The molecule has 2 aliphatic heterocycles. The number of rotatable bonds is 4. The lowest BCUT2D eigenvalue weighted by Gasteiger charge is -2.29. The number of hydrogen-bond donors (Lipinski definition) is 2. The van der Waals surface area contributed by atoms with E-state index in [0.717, 1.165) is 30.8 Å². The Morgan fingerprint density at radius 1 is 1.33 bits per heavy atom. The number of aliphatic hydroxyl groups is 1. The van der Waals surface area contributed by atoms with Gasteiger partial charge in [0, 0.05) is 31.4 Å². The van der Waals surface area contributed by atoms with E-state index in [4.69, 9.17) is 0 Å². The Kier molecular flexibility index (Phi) is 4.36. The van der Waals surface area contributed by atoms with E-state index >= 15 is 0 Å². The molecule has 1 fully saturated rings. The fraction of sp³-hybridized carbons (Fsp3) is 0.471. The first-order valence-electron chi connectivity index (χ1n) is 7.70. The van der Waals surface area contributed by atoms with Gasteiger partial charge in [-0.15, -0.1) is 0 Å². The molecule has 0 spiro atoms. The highest BCUT2D eigenvalue weighted by Gasteiger charge is 2.25. The fourth-order valence-electron chi connectivity index (χ4n) is 3.02. The normalized spacial score (nSPS) is 23.9. The van der Waals surface area contributed by atoms with Crippen molar-refractivity contribution < 1.29 is 5.11 Å². The molecule has 2 aliphatic rings. The fourth-order valence-corrected chi connectivity index (χ4v) is 3.02. The maximum atomic E-state index is 10.4. The largest absolute Gasteiger partial charge is 0.370 e. The molecule has 2 N–H and O–H groups in total. The van der Waals surface area contributed by atoms with Crippen LogP contribution in [0, 0.1) is 6.92 Å². The van der Waals surface area contributed by atoms with Crippen LogP contribution in [0.4, 0.5) is 5.69 Å². The second-order valence-corrected chi connectivity index (χ2v) is 5.88. The van der Waals surface area contributed by atoms with Gasteiger partial charge in [0.25, 0.3) is 0 Å². The van der Waals surface area contributed by atoms with Crippen LogP contribution in [0.2, 0.25) is 0 Å². The number of anilines is 1. The number of allylic oxidation sites excluding steroid dienone is 1. The molecule has 2 heterocycles. The lowest BCUT2D eigenvalue weighted by atomic mass is 10.1. The van der Waals surface area contributed by atoms with Gasteiger partial charge in [-0.05, 0) is 49.1 Å². The van der Waals surface area contributed by atoms with Crippen LogP contribution < -0.4 is 5.32 Å². The predicted molar refractivity (Wildman–Crippen MR) is 86.6 cm³/mol. The Morgan fingerprint density at radius 3 is 2.90 bits per heavy atom. The van der Waals surface area contributed by atoms with Crippen LogP contribution in [0.15, 0.2) is 40.9 Å². The molecule has 0 saturated carbocycles. The Morgan fingerprint density at radius 2 is 2.14 bits per heavy atom. The first kappa shape index (κ1) is 14.3. The van der Waals surface area contributed by atoms with Gasteiger partial charge in [-0.3, -0.25) is 9.89 Å². The minimum atomic E-state index is -0.649. The van der Waals surface area contributed by atoms with Crippen LogP contribution in [0.1, 0.15) is 24.8 Å². The third kappa shape index (κ3) is 3.52. The third-order valence-corrected chi connectivity index (χ3v) is 4.20. The van der Waals surface area contributed by atoms with Gasteiger partial charge in [-0.2, -0.15) is 0 Å². The van der Waals surface area contributed by atoms with Crippen molar-refractivity contribution in [2.45, 2.75) is 38.6 Å². The zero-order chi connectivity index (χ0) is 14.7. The number of aliphatic hydroxyl groups excluding tert-OH is 1. The summed E-state index contributed by atoms with van der Waals surface area (Å²) in [7, 11) is 0. The summed E-state index contributed by atoms with van der Waals surface area (Å²) in [6.45, 7) is 4.29. The van der Waals surface area contributed by atoms with E-state index < -0.39 is 6.23 Å². The van der Waals surface area contributed by atoms with Crippen molar-refractivity contribution in [3.63, 3.8) is 0 Å². The number of nitrogens with zero attached hydrogens (tertiary/aromatic N) is 2. The molecule has 2 atom stereocenters. The summed E-state index contributed by atoms with van der Waals surface area (Å²) in [5.74, 6) is 0. The van der Waals surface area contributed by atoms with Crippen LogP contribution in [-0.4, -0.2) is 41.7 Å². The molecule has 4 nitrogen and oxygen atoms in total. The van der Waals surface area contributed by atoms with Crippen molar-refractivity contribution in [2.75, 3.05) is 18.4 Å². The van der Waals surface area contributed by atoms with Crippen molar-refractivity contribution in [2.24, 2.45) is 4.99 Å². The van der Waals surface area contributed by atoms with Gasteiger partial charge < -0.3 is 10.4 Å². The van der Waals surface area contributed by atoms with Gasteiger partial charge in [0.2, 0.25) is 0 Å². The summed E-state index contributed by atoms with van der Waals surface area (Å²) in [5.41, 5.74) is 3.13. The minimum Gasteiger partial charge on any atom is -0.370 e. The maximum Gasteiger partial charge on any atom is 0.147 e. The predicted octanol–water partition coefficient (Wildman–Crippen LogP) is 2.55. The number of aliphatic imine (C=N–C) groups is 1. The molecule has 1 aromatic rings. The number of hydrogen-bond acceptors (Lipinski definition) is 4. The molecular weight excluding hydrogens is 262 g/mol. The quantitative estimate of drug-likeness (QED) is 0.836. The number of nitrogens with one attached hydrogen (secondary N) is 1. The minimum absolute atomic E-state index is 0.196. The lowest BCUT2D eigenvalue weighted by molar-refractivity contribution is 0.206. The molecule has 0 bridgehead atoms. The van der Waals surface area contributed by atoms with Gasteiger partial charge in [0.15, 0.2) is 0 Å².